The van der Waals surface area contributed by atoms with E-state index < -0.39 is 5.91 Å². The summed E-state index contributed by atoms with van der Waals surface area (Å²) in [5.74, 6) is -0.437. The van der Waals surface area contributed by atoms with Crippen molar-refractivity contribution in [3.05, 3.63) is 90.4 Å². The zero-order chi connectivity index (χ0) is 26.2. The van der Waals surface area contributed by atoms with E-state index >= 15 is 0 Å². The monoisotopic (exact) mass is 493 g/mol. The van der Waals surface area contributed by atoms with Crippen LogP contribution in [0.4, 0.5) is 0 Å². The Labute approximate surface area is 218 Å². The van der Waals surface area contributed by atoms with E-state index in [0.717, 1.165) is 38.7 Å². The number of unbranched alkanes of at least 4 members (excludes halogenated alkanes) is 1. The summed E-state index contributed by atoms with van der Waals surface area (Å²) in [4.78, 5) is 16.5. The van der Waals surface area contributed by atoms with E-state index in [9.17, 15) is 4.79 Å². The summed E-state index contributed by atoms with van der Waals surface area (Å²) in [7, 11) is 0. The van der Waals surface area contributed by atoms with Gasteiger partial charge in [0.25, 0.3) is 0 Å². The smallest absolute Gasteiger partial charge is 0.249 e. The van der Waals surface area contributed by atoms with Crippen LogP contribution in [-0.4, -0.2) is 33.6 Å². The van der Waals surface area contributed by atoms with Crippen LogP contribution in [0, 0.1) is 6.92 Å². The number of amides is 1. The van der Waals surface area contributed by atoms with Gasteiger partial charge in [0.1, 0.15) is 0 Å². The second kappa shape index (κ2) is 12.3. The Kier molecular flexibility index (Phi) is 8.64. The number of fused-ring (bicyclic) bond motifs is 2. The summed E-state index contributed by atoms with van der Waals surface area (Å²) in [5, 5.41) is 9.64. The lowest BCUT2D eigenvalue weighted by atomic mass is 9.96. The van der Waals surface area contributed by atoms with Gasteiger partial charge in [-0.1, -0.05) is 80.4 Å². The van der Waals surface area contributed by atoms with Gasteiger partial charge in [-0.05, 0) is 60.8 Å². The Balaban J connectivity index is 0.000000349. The van der Waals surface area contributed by atoms with Crippen LogP contribution in [0.1, 0.15) is 49.0 Å². The molecule has 37 heavy (non-hydrogen) atoms. The van der Waals surface area contributed by atoms with Crippen LogP contribution in [0.15, 0.2) is 79.3 Å². The highest BCUT2D eigenvalue weighted by molar-refractivity contribution is 6.10. The summed E-state index contributed by atoms with van der Waals surface area (Å²) in [6.45, 7) is 8.86. The molecule has 0 unspecified atom stereocenters. The molecular weight excluding hydrogens is 458 g/mol. The van der Waals surface area contributed by atoms with Crippen molar-refractivity contribution in [1.82, 2.24) is 19.9 Å². The number of nitrogens with one attached hydrogen (secondary N) is 1. The number of hydrogen-bond donors (Lipinski definition) is 2. The molecule has 0 saturated heterocycles. The van der Waals surface area contributed by atoms with Crippen molar-refractivity contribution in [3.63, 3.8) is 0 Å². The number of benzene rings is 3. The maximum Gasteiger partial charge on any atom is 0.249 e. The van der Waals surface area contributed by atoms with Crippen molar-refractivity contribution in [2.24, 2.45) is 5.73 Å². The van der Waals surface area contributed by atoms with Crippen LogP contribution in [0.5, 0.6) is 0 Å². The van der Waals surface area contributed by atoms with Crippen molar-refractivity contribution in [1.29, 1.82) is 0 Å². The fraction of sp³-hybridized carbons (Fsp3) is 0.258. The van der Waals surface area contributed by atoms with Crippen LogP contribution in [-0.2, 0) is 0 Å². The van der Waals surface area contributed by atoms with Gasteiger partial charge in [0.05, 0.1) is 6.20 Å². The van der Waals surface area contributed by atoms with Crippen molar-refractivity contribution >= 4 is 22.3 Å². The summed E-state index contributed by atoms with van der Waals surface area (Å²) in [6.07, 6.45) is 9.54. The molecule has 0 atom stereocenters. The number of hydrogen-bond acceptors (Lipinski definition) is 4. The molecule has 3 N–H and O–H groups in total. The van der Waals surface area contributed by atoms with Crippen molar-refractivity contribution in [3.8, 4) is 22.3 Å². The minimum Gasteiger partial charge on any atom is -0.366 e. The van der Waals surface area contributed by atoms with Gasteiger partial charge in [-0.3, -0.25) is 4.79 Å². The number of carbonyl (C=O) groups excluding carboxylic acids is 1. The number of rotatable bonds is 8. The zero-order valence-corrected chi connectivity index (χ0v) is 21.9. The van der Waals surface area contributed by atoms with Crippen LogP contribution in [0.2, 0.25) is 0 Å². The fourth-order valence-electron chi connectivity index (χ4n) is 4.32. The molecule has 1 amide bonds. The maximum absolute atomic E-state index is 11.8. The molecule has 5 aromatic rings. The van der Waals surface area contributed by atoms with E-state index in [0.29, 0.717) is 5.56 Å². The Hall–Kier alpha value is -4.03. The van der Waals surface area contributed by atoms with Crippen molar-refractivity contribution in [2.75, 3.05) is 13.1 Å². The molecule has 0 spiro atoms. The van der Waals surface area contributed by atoms with Gasteiger partial charge in [0.15, 0.2) is 5.65 Å². The maximum atomic E-state index is 11.8. The average molecular weight is 494 g/mol. The summed E-state index contributed by atoms with van der Waals surface area (Å²) in [5.41, 5.74) is 12.0. The van der Waals surface area contributed by atoms with Gasteiger partial charge in [0, 0.05) is 29.1 Å². The first-order chi connectivity index (χ1) is 18.0. The molecule has 190 valence electrons. The molecule has 0 aliphatic heterocycles. The lowest BCUT2D eigenvalue weighted by Crippen LogP contribution is -2.15. The van der Waals surface area contributed by atoms with E-state index in [1.807, 2.05) is 48.9 Å². The van der Waals surface area contributed by atoms with Gasteiger partial charge in [-0.2, -0.15) is 5.10 Å². The van der Waals surface area contributed by atoms with Crippen LogP contribution in [0.25, 0.3) is 38.7 Å². The number of carbonyl (C=O) groups is 1. The van der Waals surface area contributed by atoms with Crippen LogP contribution >= 0.6 is 0 Å². The lowest BCUT2D eigenvalue weighted by Gasteiger charge is -2.08. The molecule has 0 radical (unpaired) electrons. The molecular formula is C31H35N5O. The average Bonchev–Trinajstić information content (AvgIpc) is 3.34. The second-order valence-corrected chi connectivity index (χ2v) is 9.21. The molecule has 2 aromatic heterocycles. The Morgan fingerprint density at radius 1 is 0.865 bits per heavy atom. The molecule has 0 aliphatic rings. The molecule has 0 saturated carbocycles. The van der Waals surface area contributed by atoms with Crippen LogP contribution in [0.3, 0.4) is 0 Å². The van der Waals surface area contributed by atoms with E-state index in [-0.39, 0.29) is 0 Å². The van der Waals surface area contributed by atoms with Crippen LogP contribution < -0.4 is 11.1 Å². The zero-order valence-electron chi connectivity index (χ0n) is 21.9. The molecule has 0 bridgehead atoms. The third-order valence-electron chi connectivity index (χ3n) is 6.35. The molecule has 6 nitrogen and oxygen atoms in total. The molecule has 5 rings (SSSR count). The Morgan fingerprint density at radius 3 is 2.35 bits per heavy atom. The highest BCUT2D eigenvalue weighted by Gasteiger charge is 2.14. The largest absolute Gasteiger partial charge is 0.366 e. The minimum absolute atomic E-state index is 0.437. The summed E-state index contributed by atoms with van der Waals surface area (Å²) < 4.78 is 1.79. The van der Waals surface area contributed by atoms with Gasteiger partial charge < -0.3 is 11.1 Å². The topological polar surface area (TPSA) is 85.3 Å². The SMILES string of the molecule is CCCCNCCC.Cc1ccc(-c2cnc3c(-c4cccc5c(C(N)=O)cccc45)cnn3c2)cc1. The molecule has 3 aromatic carbocycles. The normalized spacial score (nSPS) is 10.9. The minimum atomic E-state index is -0.437. The number of aryl methyl sites for hydroxylation is 1. The molecule has 0 fully saturated rings. The molecule has 2 heterocycles. The highest BCUT2D eigenvalue weighted by Crippen LogP contribution is 2.33. The fourth-order valence-corrected chi connectivity index (χ4v) is 4.32. The summed E-state index contributed by atoms with van der Waals surface area (Å²) in [6, 6.07) is 19.8. The molecule has 6 heteroatoms. The van der Waals surface area contributed by atoms with Gasteiger partial charge in [0.2, 0.25) is 5.91 Å². The third kappa shape index (κ3) is 6.04. The van der Waals surface area contributed by atoms with Gasteiger partial charge in [-0.25, -0.2) is 9.50 Å². The van der Waals surface area contributed by atoms with Crippen molar-refractivity contribution in [2.45, 2.75) is 40.0 Å². The predicted octanol–water partition coefficient (Wildman–Crippen LogP) is 6.41. The van der Waals surface area contributed by atoms with Crippen molar-refractivity contribution < 1.29 is 4.79 Å². The standard InChI is InChI=1S/C24H18N4O.C7H17N/c1-15-8-10-16(11-9-15)17-12-26-24-22(13-27-28(24)14-17)20-6-2-5-19-18(20)4-3-7-21(19)23(25)29;1-3-5-7-8-6-4-2/h2-14H,1H3,(H2,25,29);8H,3-7H2,1-2H3. The Morgan fingerprint density at radius 2 is 1.62 bits per heavy atom. The quantitative estimate of drug-likeness (QED) is 0.245. The molecule has 0 aliphatic carbocycles. The first-order valence-electron chi connectivity index (χ1n) is 13.0. The first-order valence-corrected chi connectivity index (χ1v) is 13.0. The predicted molar refractivity (Wildman–Crippen MR) is 153 cm³/mol. The van der Waals surface area contributed by atoms with E-state index in [1.165, 1.54) is 37.9 Å². The number of aromatic nitrogens is 3. The van der Waals surface area contributed by atoms with E-state index in [4.69, 9.17) is 5.73 Å². The van der Waals surface area contributed by atoms with E-state index in [1.54, 1.807) is 10.6 Å². The van der Waals surface area contributed by atoms with Gasteiger partial charge in [-0.15, -0.1) is 0 Å². The Bertz CT molecular complexity index is 1480. The third-order valence-corrected chi connectivity index (χ3v) is 6.35. The highest BCUT2D eigenvalue weighted by atomic mass is 16.1. The first kappa shape index (κ1) is 26.0. The lowest BCUT2D eigenvalue weighted by molar-refractivity contribution is 0.100. The summed E-state index contributed by atoms with van der Waals surface area (Å²) >= 11 is 0. The number of nitrogens with two attached hydrogens (primary N) is 1. The van der Waals surface area contributed by atoms with Gasteiger partial charge >= 0.3 is 0 Å². The van der Waals surface area contributed by atoms with E-state index in [2.05, 4.69) is 60.4 Å². The number of nitrogens with zero attached hydrogens (tertiary/aromatic N) is 3. The number of primary amides is 1. The second-order valence-electron chi connectivity index (χ2n) is 9.21.